The summed E-state index contributed by atoms with van der Waals surface area (Å²) in [4.78, 5) is 12.2. The SMILES string of the molecule is O=C(NCC1CCCC1Cl)C1C2C3CCC(C3)C12. The highest BCUT2D eigenvalue weighted by molar-refractivity contribution is 6.21. The van der Waals surface area contributed by atoms with Gasteiger partial charge in [-0.2, -0.15) is 0 Å². The van der Waals surface area contributed by atoms with Gasteiger partial charge in [0.05, 0.1) is 0 Å². The van der Waals surface area contributed by atoms with Gasteiger partial charge in [0.25, 0.3) is 0 Å². The Morgan fingerprint density at radius 1 is 1.11 bits per heavy atom. The average Bonchev–Trinajstić information content (AvgIpc) is 2.69. The van der Waals surface area contributed by atoms with Crippen LogP contribution in [0.3, 0.4) is 0 Å². The lowest BCUT2D eigenvalue weighted by Gasteiger charge is -2.15. The van der Waals surface area contributed by atoms with E-state index in [4.69, 9.17) is 11.6 Å². The lowest BCUT2D eigenvalue weighted by molar-refractivity contribution is -0.123. The van der Waals surface area contributed by atoms with Crippen molar-refractivity contribution < 1.29 is 4.79 Å². The fourth-order valence-electron chi connectivity index (χ4n) is 5.25. The standard InChI is InChI=1S/C15H22ClNO/c16-11-3-1-2-10(11)7-17-15(18)14-12-8-4-5-9(6-8)13(12)14/h8-14H,1-7H2,(H,17,18). The van der Waals surface area contributed by atoms with Crippen LogP contribution in [0.1, 0.15) is 38.5 Å². The molecule has 6 unspecified atom stereocenters. The summed E-state index contributed by atoms with van der Waals surface area (Å²) in [6, 6.07) is 0. The van der Waals surface area contributed by atoms with Gasteiger partial charge in [-0.3, -0.25) is 4.79 Å². The van der Waals surface area contributed by atoms with E-state index in [1.807, 2.05) is 0 Å². The molecule has 0 heterocycles. The summed E-state index contributed by atoms with van der Waals surface area (Å²) in [5.74, 6) is 4.55. The van der Waals surface area contributed by atoms with Gasteiger partial charge < -0.3 is 5.32 Å². The number of amides is 1. The second-order valence-corrected chi connectivity index (χ2v) is 7.53. The Hall–Kier alpha value is -0.240. The minimum Gasteiger partial charge on any atom is -0.356 e. The normalized spacial score (nSPS) is 52.4. The van der Waals surface area contributed by atoms with Gasteiger partial charge in [-0.15, -0.1) is 11.6 Å². The molecule has 4 aliphatic rings. The highest BCUT2D eigenvalue weighted by Gasteiger charge is 2.67. The number of halogens is 1. The summed E-state index contributed by atoms with van der Waals surface area (Å²) >= 11 is 6.26. The Kier molecular flexibility index (Phi) is 2.65. The molecule has 1 N–H and O–H groups in total. The van der Waals surface area contributed by atoms with Gasteiger partial charge in [-0.1, -0.05) is 6.42 Å². The van der Waals surface area contributed by atoms with E-state index >= 15 is 0 Å². The first-order valence-corrected chi connectivity index (χ1v) is 8.11. The van der Waals surface area contributed by atoms with Crippen molar-refractivity contribution >= 4 is 17.5 Å². The molecule has 0 spiro atoms. The second kappa shape index (κ2) is 4.13. The molecular weight excluding hydrogens is 246 g/mol. The number of carbonyl (C=O) groups is 1. The zero-order valence-corrected chi connectivity index (χ0v) is 11.5. The predicted octanol–water partition coefficient (Wildman–Crippen LogP) is 2.80. The van der Waals surface area contributed by atoms with E-state index in [9.17, 15) is 4.79 Å². The second-order valence-electron chi connectivity index (χ2n) is 6.97. The topological polar surface area (TPSA) is 29.1 Å². The summed E-state index contributed by atoms with van der Waals surface area (Å²) in [5.41, 5.74) is 0. The Labute approximate surface area is 114 Å². The molecule has 18 heavy (non-hydrogen) atoms. The third kappa shape index (κ3) is 1.64. The molecule has 2 nitrogen and oxygen atoms in total. The van der Waals surface area contributed by atoms with Gasteiger partial charge in [-0.25, -0.2) is 0 Å². The van der Waals surface area contributed by atoms with Gasteiger partial charge in [-0.05, 0) is 61.7 Å². The van der Waals surface area contributed by atoms with Crippen LogP contribution in [0.25, 0.3) is 0 Å². The van der Waals surface area contributed by atoms with Crippen molar-refractivity contribution in [2.24, 2.45) is 35.5 Å². The van der Waals surface area contributed by atoms with Crippen molar-refractivity contribution in [1.29, 1.82) is 0 Å². The third-order valence-corrected chi connectivity index (χ3v) is 6.72. The smallest absolute Gasteiger partial charge is 0.223 e. The highest BCUT2D eigenvalue weighted by atomic mass is 35.5. The monoisotopic (exact) mass is 267 g/mol. The molecule has 4 fully saturated rings. The molecule has 100 valence electrons. The van der Waals surface area contributed by atoms with Crippen LogP contribution in [0.15, 0.2) is 0 Å². The van der Waals surface area contributed by atoms with Gasteiger partial charge in [0.15, 0.2) is 0 Å². The molecule has 4 aliphatic carbocycles. The number of nitrogens with one attached hydrogen (secondary N) is 1. The molecule has 0 aromatic rings. The highest BCUT2D eigenvalue weighted by Crippen LogP contribution is 2.69. The zero-order valence-electron chi connectivity index (χ0n) is 10.8. The van der Waals surface area contributed by atoms with Crippen LogP contribution in [-0.2, 0) is 4.79 Å². The Bertz CT molecular complexity index is 356. The number of rotatable bonds is 3. The predicted molar refractivity (Wildman–Crippen MR) is 71.3 cm³/mol. The van der Waals surface area contributed by atoms with Gasteiger partial charge >= 0.3 is 0 Å². The summed E-state index contributed by atoms with van der Waals surface area (Å²) < 4.78 is 0. The lowest BCUT2D eigenvalue weighted by Crippen LogP contribution is -2.33. The minimum absolute atomic E-state index is 0.292. The summed E-state index contributed by atoms with van der Waals surface area (Å²) in [5, 5.41) is 3.48. The van der Waals surface area contributed by atoms with Gasteiger partial charge in [0, 0.05) is 17.8 Å². The minimum atomic E-state index is 0.292. The Morgan fingerprint density at radius 2 is 1.83 bits per heavy atom. The maximum atomic E-state index is 12.2. The maximum absolute atomic E-state index is 12.2. The Balaban J connectivity index is 1.30. The van der Waals surface area contributed by atoms with Crippen LogP contribution >= 0.6 is 11.6 Å². The van der Waals surface area contributed by atoms with E-state index in [1.165, 1.54) is 32.1 Å². The Morgan fingerprint density at radius 3 is 2.44 bits per heavy atom. The largest absolute Gasteiger partial charge is 0.356 e. The molecule has 0 saturated heterocycles. The maximum Gasteiger partial charge on any atom is 0.223 e. The first kappa shape index (κ1) is 11.6. The fraction of sp³-hybridized carbons (Fsp3) is 0.933. The summed E-state index contributed by atoms with van der Waals surface area (Å²) in [6.07, 6.45) is 7.75. The molecule has 0 radical (unpaired) electrons. The lowest BCUT2D eigenvalue weighted by atomic mass is 10.0. The number of fused-ring (bicyclic) bond motifs is 5. The number of alkyl halides is 1. The van der Waals surface area contributed by atoms with Crippen LogP contribution in [-0.4, -0.2) is 17.8 Å². The zero-order chi connectivity index (χ0) is 12.3. The van der Waals surface area contributed by atoms with Crippen LogP contribution in [0, 0.1) is 35.5 Å². The molecule has 0 aliphatic heterocycles. The molecule has 2 bridgehead atoms. The molecule has 0 aromatic carbocycles. The van der Waals surface area contributed by atoms with Crippen LogP contribution < -0.4 is 5.32 Å². The van der Waals surface area contributed by atoms with Crippen molar-refractivity contribution in [3.05, 3.63) is 0 Å². The van der Waals surface area contributed by atoms with Crippen LogP contribution in [0.4, 0.5) is 0 Å². The fourth-order valence-corrected chi connectivity index (χ4v) is 5.62. The number of carbonyl (C=O) groups excluding carboxylic acids is 1. The first-order valence-electron chi connectivity index (χ1n) is 7.67. The third-order valence-electron chi connectivity index (χ3n) is 6.14. The van der Waals surface area contributed by atoms with Crippen molar-refractivity contribution in [2.75, 3.05) is 6.54 Å². The van der Waals surface area contributed by atoms with E-state index < -0.39 is 0 Å². The van der Waals surface area contributed by atoms with Crippen molar-refractivity contribution in [1.82, 2.24) is 5.32 Å². The molecular formula is C15H22ClNO. The van der Waals surface area contributed by atoms with E-state index in [2.05, 4.69) is 5.32 Å². The van der Waals surface area contributed by atoms with Crippen molar-refractivity contribution in [3.8, 4) is 0 Å². The molecule has 4 saturated carbocycles. The van der Waals surface area contributed by atoms with Crippen molar-refractivity contribution in [3.63, 3.8) is 0 Å². The quantitative estimate of drug-likeness (QED) is 0.783. The summed E-state index contributed by atoms with van der Waals surface area (Å²) in [6.45, 7) is 0.818. The molecule has 4 rings (SSSR count). The average molecular weight is 268 g/mol. The van der Waals surface area contributed by atoms with E-state index in [0.717, 1.165) is 36.6 Å². The van der Waals surface area contributed by atoms with E-state index in [0.29, 0.717) is 23.1 Å². The first-order chi connectivity index (χ1) is 8.75. The molecule has 6 atom stereocenters. The molecule has 0 aromatic heterocycles. The van der Waals surface area contributed by atoms with Gasteiger partial charge in [0.1, 0.15) is 0 Å². The van der Waals surface area contributed by atoms with E-state index in [-0.39, 0.29) is 0 Å². The van der Waals surface area contributed by atoms with Crippen LogP contribution in [0.2, 0.25) is 0 Å². The summed E-state index contributed by atoms with van der Waals surface area (Å²) in [7, 11) is 0. The van der Waals surface area contributed by atoms with E-state index in [1.54, 1.807) is 0 Å². The van der Waals surface area contributed by atoms with Crippen LogP contribution in [0.5, 0.6) is 0 Å². The van der Waals surface area contributed by atoms with Crippen molar-refractivity contribution in [2.45, 2.75) is 43.9 Å². The molecule has 1 amide bonds. The van der Waals surface area contributed by atoms with Gasteiger partial charge in [0.2, 0.25) is 5.91 Å². The number of hydrogen-bond donors (Lipinski definition) is 1. The number of hydrogen-bond acceptors (Lipinski definition) is 1. The molecule has 3 heteroatoms.